The van der Waals surface area contributed by atoms with Gasteiger partial charge in [0.2, 0.25) is 5.91 Å². The van der Waals surface area contributed by atoms with Gasteiger partial charge < -0.3 is 16.2 Å². The van der Waals surface area contributed by atoms with Crippen LogP contribution < -0.4 is 11.1 Å². The second kappa shape index (κ2) is 4.16. The standard InChI is InChI=1S/C7H9N3O3S/c1-3(8)5(11)10-7-9-4(2-14-7)6(12)13/h2-3H,8H2,1H3,(H,12,13)(H,9,10,11). The lowest BCUT2D eigenvalue weighted by Gasteiger charge is -2.03. The van der Waals surface area contributed by atoms with E-state index in [1.54, 1.807) is 0 Å². The minimum absolute atomic E-state index is 0.0880. The zero-order chi connectivity index (χ0) is 10.7. The molecule has 0 saturated carbocycles. The van der Waals surface area contributed by atoms with Gasteiger partial charge in [-0.3, -0.25) is 4.79 Å². The number of aromatic nitrogens is 1. The summed E-state index contributed by atoms with van der Waals surface area (Å²) in [7, 11) is 0. The second-order valence-corrected chi connectivity index (χ2v) is 3.48. The number of hydrogen-bond donors (Lipinski definition) is 3. The number of thiazole rings is 1. The van der Waals surface area contributed by atoms with E-state index in [0.717, 1.165) is 11.3 Å². The molecule has 76 valence electrons. The van der Waals surface area contributed by atoms with Gasteiger partial charge in [0.15, 0.2) is 10.8 Å². The molecular formula is C7H9N3O3S. The Hall–Kier alpha value is -1.47. The summed E-state index contributed by atoms with van der Waals surface area (Å²) in [4.78, 5) is 25.2. The van der Waals surface area contributed by atoms with Gasteiger partial charge in [0.05, 0.1) is 6.04 Å². The fourth-order valence-electron chi connectivity index (χ4n) is 0.649. The zero-order valence-electron chi connectivity index (χ0n) is 7.35. The van der Waals surface area contributed by atoms with E-state index in [-0.39, 0.29) is 10.8 Å². The number of aromatic carboxylic acids is 1. The van der Waals surface area contributed by atoms with Crippen LogP contribution in [-0.2, 0) is 4.79 Å². The van der Waals surface area contributed by atoms with E-state index in [2.05, 4.69) is 10.3 Å². The predicted octanol–water partition coefficient (Wildman–Crippen LogP) is 0.127. The van der Waals surface area contributed by atoms with Gasteiger partial charge in [0.25, 0.3) is 0 Å². The third-order valence-electron chi connectivity index (χ3n) is 1.37. The van der Waals surface area contributed by atoms with E-state index >= 15 is 0 Å². The van der Waals surface area contributed by atoms with Gasteiger partial charge >= 0.3 is 5.97 Å². The Morgan fingerprint density at radius 3 is 2.79 bits per heavy atom. The molecule has 0 aromatic carbocycles. The molecule has 1 unspecified atom stereocenters. The summed E-state index contributed by atoms with van der Waals surface area (Å²) < 4.78 is 0. The Kier molecular flexibility index (Phi) is 3.15. The molecule has 1 aromatic heterocycles. The zero-order valence-corrected chi connectivity index (χ0v) is 8.17. The van der Waals surface area contributed by atoms with E-state index in [1.165, 1.54) is 12.3 Å². The normalized spacial score (nSPS) is 12.1. The second-order valence-electron chi connectivity index (χ2n) is 2.62. The topological polar surface area (TPSA) is 105 Å². The average molecular weight is 215 g/mol. The van der Waals surface area contributed by atoms with Gasteiger partial charge in [-0.2, -0.15) is 0 Å². The number of nitrogens with two attached hydrogens (primary N) is 1. The molecule has 0 saturated heterocycles. The summed E-state index contributed by atoms with van der Waals surface area (Å²) in [6.07, 6.45) is 0. The largest absolute Gasteiger partial charge is 0.476 e. The Labute approximate surface area is 83.8 Å². The first kappa shape index (κ1) is 10.6. The molecule has 0 fully saturated rings. The van der Waals surface area contributed by atoms with Crippen LogP contribution in [0.4, 0.5) is 5.13 Å². The molecule has 14 heavy (non-hydrogen) atoms. The van der Waals surface area contributed by atoms with Crippen molar-refractivity contribution in [2.24, 2.45) is 5.73 Å². The van der Waals surface area contributed by atoms with Crippen molar-refractivity contribution < 1.29 is 14.7 Å². The fourth-order valence-corrected chi connectivity index (χ4v) is 1.34. The van der Waals surface area contributed by atoms with E-state index in [4.69, 9.17) is 10.8 Å². The molecule has 0 radical (unpaired) electrons. The number of nitrogens with one attached hydrogen (secondary N) is 1. The highest BCUT2D eigenvalue weighted by atomic mass is 32.1. The van der Waals surface area contributed by atoms with Gasteiger partial charge in [-0.1, -0.05) is 0 Å². The molecular weight excluding hydrogens is 206 g/mol. The maximum absolute atomic E-state index is 11.1. The number of carboxylic acid groups (broad SMARTS) is 1. The van der Waals surface area contributed by atoms with Crippen molar-refractivity contribution >= 4 is 28.3 Å². The molecule has 1 amide bonds. The number of carboxylic acids is 1. The third kappa shape index (κ3) is 2.51. The van der Waals surface area contributed by atoms with Gasteiger partial charge in [-0.15, -0.1) is 11.3 Å². The summed E-state index contributed by atoms with van der Waals surface area (Å²) in [5.41, 5.74) is 5.21. The SMILES string of the molecule is CC(N)C(=O)Nc1nc(C(=O)O)cs1. The average Bonchev–Trinajstić information content (AvgIpc) is 2.52. The summed E-state index contributed by atoms with van der Waals surface area (Å²) in [5.74, 6) is -1.51. The van der Waals surface area contributed by atoms with Crippen molar-refractivity contribution in [3.63, 3.8) is 0 Å². The first-order valence-electron chi connectivity index (χ1n) is 3.76. The minimum Gasteiger partial charge on any atom is -0.476 e. The Morgan fingerprint density at radius 2 is 2.36 bits per heavy atom. The van der Waals surface area contributed by atoms with E-state index in [9.17, 15) is 9.59 Å². The van der Waals surface area contributed by atoms with E-state index in [1.807, 2.05) is 0 Å². The molecule has 1 atom stereocenters. The van der Waals surface area contributed by atoms with Crippen LogP contribution in [0, 0.1) is 0 Å². The van der Waals surface area contributed by atoms with Crippen LogP contribution in [-0.4, -0.2) is 28.0 Å². The number of carbonyl (C=O) groups excluding carboxylic acids is 1. The number of hydrogen-bond acceptors (Lipinski definition) is 5. The molecule has 0 spiro atoms. The highest BCUT2D eigenvalue weighted by molar-refractivity contribution is 7.14. The number of rotatable bonds is 3. The molecule has 1 rings (SSSR count). The summed E-state index contributed by atoms with van der Waals surface area (Å²) in [6, 6.07) is -0.646. The molecule has 1 heterocycles. The number of anilines is 1. The smallest absolute Gasteiger partial charge is 0.355 e. The van der Waals surface area contributed by atoms with Gasteiger partial charge in [-0.05, 0) is 6.92 Å². The number of carbonyl (C=O) groups is 2. The van der Waals surface area contributed by atoms with E-state index in [0.29, 0.717) is 0 Å². The van der Waals surface area contributed by atoms with Crippen LogP contribution in [0.2, 0.25) is 0 Å². The van der Waals surface area contributed by atoms with E-state index < -0.39 is 17.9 Å². The van der Waals surface area contributed by atoms with Crippen molar-refractivity contribution in [2.75, 3.05) is 5.32 Å². The van der Waals surface area contributed by atoms with Gasteiger partial charge in [0, 0.05) is 5.38 Å². The van der Waals surface area contributed by atoms with Crippen LogP contribution in [0.25, 0.3) is 0 Å². The van der Waals surface area contributed by atoms with Crippen LogP contribution >= 0.6 is 11.3 Å². The van der Waals surface area contributed by atoms with Crippen LogP contribution in [0.3, 0.4) is 0 Å². The lowest BCUT2D eigenvalue weighted by molar-refractivity contribution is -0.117. The molecule has 4 N–H and O–H groups in total. The highest BCUT2D eigenvalue weighted by Gasteiger charge is 2.12. The maximum Gasteiger partial charge on any atom is 0.355 e. The van der Waals surface area contributed by atoms with Crippen molar-refractivity contribution in [1.29, 1.82) is 0 Å². The quantitative estimate of drug-likeness (QED) is 0.664. The molecule has 0 aliphatic rings. The predicted molar refractivity (Wildman–Crippen MR) is 51.4 cm³/mol. The summed E-state index contributed by atoms with van der Waals surface area (Å²) in [5, 5.41) is 12.5. The Morgan fingerprint density at radius 1 is 1.71 bits per heavy atom. The van der Waals surface area contributed by atoms with Gasteiger partial charge in [0.1, 0.15) is 0 Å². The lowest BCUT2D eigenvalue weighted by Crippen LogP contribution is -2.32. The number of amides is 1. The third-order valence-corrected chi connectivity index (χ3v) is 2.12. The first-order chi connectivity index (χ1) is 6.50. The molecule has 1 aromatic rings. The van der Waals surface area contributed by atoms with Crippen molar-refractivity contribution in [3.8, 4) is 0 Å². The molecule has 0 bridgehead atoms. The van der Waals surface area contributed by atoms with Crippen LogP contribution in [0.15, 0.2) is 5.38 Å². The highest BCUT2D eigenvalue weighted by Crippen LogP contribution is 2.15. The Bertz CT molecular complexity index is 361. The Balaban J connectivity index is 2.69. The van der Waals surface area contributed by atoms with Crippen LogP contribution in [0.5, 0.6) is 0 Å². The lowest BCUT2D eigenvalue weighted by atomic mass is 10.3. The monoisotopic (exact) mass is 215 g/mol. The summed E-state index contributed by atoms with van der Waals surface area (Å²) >= 11 is 1.04. The van der Waals surface area contributed by atoms with Gasteiger partial charge in [-0.25, -0.2) is 9.78 Å². The maximum atomic E-state index is 11.1. The minimum atomic E-state index is -1.12. The van der Waals surface area contributed by atoms with Crippen molar-refractivity contribution in [3.05, 3.63) is 11.1 Å². The van der Waals surface area contributed by atoms with Crippen LogP contribution in [0.1, 0.15) is 17.4 Å². The molecule has 0 aliphatic heterocycles. The molecule has 7 heteroatoms. The van der Waals surface area contributed by atoms with Crippen molar-refractivity contribution in [1.82, 2.24) is 4.98 Å². The first-order valence-corrected chi connectivity index (χ1v) is 4.64. The summed E-state index contributed by atoms with van der Waals surface area (Å²) in [6.45, 7) is 1.53. The molecule has 0 aliphatic carbocycles. The van der Waals surface area contributed by atoms with Crippen molar-refractivity contribution in [2.45, 2.75) is 13.0 Å². The molecule has 6 nitrogen and oxygen atoms in total. The number of nitrogens with zero attached hydrogens (tertiary/aromatic N) is 1. The fraction of sp³-hybridized carbons (Fsp3) is 0.286.